The molecule has 1 atom stereocenters. The second kappa shape index (κ2) is 6.00. The van der Waals surface area contributed by atoms with Gasteiger partial charge in [0.25, 0.3) is 11.7 Å². The maximum atomic E-state index is 11.4. The van der Waals surface area contributed by atoms with Crippen LogP contribution in [0.5, 0.6) is 5.75 Å². The number of rotatable bonds is 7. The van der Waals surface area contributed by atoms with Gasteiger partial charge in [0.05, 0.1) is 0 Å². The van der Waals surface area contributed by atoms with Crippen LogP contribution in [0.25, 0.3) is 0 Å². The average Bonchev–Trinajstić information content (AvgIpc) is 2.35. The zero-order valence-corrected chi connectivity index (χ0v) is 9.59. The van der Waals surface area contributed by atoms with Gasteiger partial charge in [-0.2, -0.15) is 0 Å². The standard InChI is InChI=1S/C12H15NO4/c1-2-12(11(13)15,16-9-8-14)17-10-6-4-3-5-7-10/h3-8H,2,9H2,1H3,(H2,13,15). The first-order chi connectivity index (χ1) is 8.14. The number of carbonyl (C=O) groups is 2. The van der Waals surface area contributed by atoms with Crippen LogP contribution in [0.3, 0.4) is 0 Å². The molecular weight excluding hydrogens is 222 g/mol. The highest BCUT2D eigenvalue weighted by Gasteiger charge is 2.38. The highest BCUT2D eigenvalue weighted by Crippen LogP contribution is 2.22. The fourth-order valence-corrected chi connectivity index (χ4v) is 1.35. The number of hydrogen-bond donors (Lipinski definition) is 1. The Hall–Kier alpha value is -1.88. The summed E-state index contributed by atoms with van der Waals surface area (Å²) in [5.41, 5.74) is 5.27. The van der Waals surface area contributed by atoms with Crippen molar-refractivity contribution >= 4 is 12.2 Å². The Bertz CT molecular complexity index is 379. The molecule has 1 aromatic rings. The number of amides is 1. The maximum Gasteiger partial charge on any atom is 0.290 e. The van der Waals surface area contributed by atoms with Crippen LogP contribution < -0.4 is 10.5 Å². The molecule has 5 nitrogen and oxygen atoms in total. The molecule has 92 valence electrons. The topological polar surface area (TPSA) is 78.6 Å². The first-order valence-corrected chi connectivity index (χ1v) is 5.26. The van der Waals surface area contributed by atoms with Gasteiger partial charge < -0.3 is 20.0 Å². The predicted octanol–water partition coefficient (Wildman–Crippen LogP) is 0.872. The van der Waals surface area contributed by atoms with Gasteiger partial charge in [-0.15, -0.1) is 0 Å². The second-order valence-electron chi connectivity index (χ2n) is 3.36. The summed E-state index contributed by atoms with van der Waals surface area (Å²) in [6.45, 7) is 1.45. The molecule has 0 spiro atoms. The van der Waals surface area contributed by atoms with E-state index in [4.69, 9.17) is 15.2 Å². The number of carbonyl (C=O) groups excluding carboxylic acids is 2. The summed E-state index contributed by atoms with van der Waals surface area (Å²) < 4.78 is 10.6. The normalized spacial score (nSPS) is 13.7. The van der Waals surface area contributed by atoms with E-state index in [1.165, 1.54) is 0 Å². The molecule has 0 heterocycles. The molecule has 5 heteroatoms. The molecule has 0 saturated heterocycles. The molecule has 0 bridgehead atoms. The molecule has 0 aliphatic heterocycles. The molecular formula is C12H15NO4. The van der Waals surface area contributed by atoms with E-state index in [1.807, 2.05) is 6.07 Å². The summed E-state index contributed by atoms with van der Waals surface area (Å²) >= 11 is 0. The van der Waals surface area contributed by atoms with E-state index in [9.17, 15) is 9.59 Å². The van der Waals surface area contributed by atoms with Crippen molar-refractivity contribution in [3.63, 3.8) is 0 Å². The minimum atomic E-state index is -1.59. The number of aldehydes is 1. The lowest BCUT2D eigenvalue weighted by Crippen LogP contribution is -2.51. The molecule has 1 amide bonds. The molecule has 1 aromatic carbocycles. The van der Waals surface area contributed by atoms with Gasteiger partial charge in [-0.1, -0.05) is 25.1 Å². The smallest absolute Gasteiger partial charge is 0.290 e. The molecule has 0 aromatic heterocycles. The molecule has 1 rings (SSSR count). The molecule has 0 radical (unpaired) electrons. The number of ether oxygens (including phenoxy) is 2. The number of para-hydroxylation sites is 1. The van der Waals surface area contributed by atoms with E-state index in [0.717, 1.165) is 0 Å². The zero-order chi connectivity index (χ0) is 12.7. The minimum absolute atomic E-state index is 0.213. The van der Waals surface area contributed by atoms with E-state index < -0.39 is 11.7 Å². The summed E-state index contributed by atoms with van der Waals surface area (Å²) in [6, 6.07) is 8.69. The predicted molar refractivity (Wildman–Crippen MR) is 61.3 cm³/mol. The number of benzene rings is 1. The highest BCUT2D eigenvalue weighted by molar-refractivity contribution is 5.82. The first kappa shape index (κ1) is 13.2. The summed E-state index contributed by atoms with van der Waals surface area (Å²) in [5.74, 6) is -1.90. The molecule has 0 saturated carbocycles. The van der Waals surface area contributed by atoms with Crippen LogP contribution in [0.1, 0.15) is 13.3 Å². The second-order valence-corrected chi connectivity index (χ2v) is 3.36. The fourth-order valence-electron chi connectivity index (χ4n) is 1.35. The van der Waals surface area contributed by atoms with Crippen LogP contribution in [0, 0.1) is 0 Å². The Balaban J connectivity index is 2.89. The zero-order valence-electron chi connectivity index (χ0n) is 9.59. The lowest BCUT2D eigenvalue weighted by atomic mass is 10.2. The molecule has 17 heavy (non-hydrogen) atoms. The third-order valence-corrected chi connectivity index (χ3v) is 2.25. The van der Waals surface area contributed by atoms with E-state index in [1.54, 1.807) is 31.2 Å². The Morgan fingerprint density at radius 3 is 2.53 bits per heavy atom. The molecule has 0 fully saturated rings. The van der Waals surface area contributed by atoms with Gasteiger partial charge in [-0.05, 0) is 12.1 Å². The van der Waals surface area contributed by atoms with Gasteiger partial charge in [0.2, 0.25) is 0 Å². The lowest BCUT2D eigenvalue weighted by molar-refractivity contribution is -0.192. The summed E-state index contributed by atoms with van der Waals surface area (Å²) in [4.78, 5) is 21.7. The SMILES string of the molecule is CCC(OCC=O)(Oc1ccccc1)C(N)=O. The van der Waals surface area contributed by atoms with E-state index in [-0.39, 0.29) is 13.0 Å². The molecule has 0 aliphatic carbocycles. The van der Waals surface area contributed by atoms with Gasteiger partial charge in [0.1, 0.15) is 18.6 Å². The average molecular weight is 237 g/mol. The van der Waals surface area contributed by atoms with Crippen LogP contribution in [0.2, 0.25) is 0 Å². The summed E-state index contributed by atoms with van der Waals surface area (Å²) in [6.07, 6.45) is 0.757. The summed E-state index contributed by atoms with van der Waals surface area (Å²) in [5, 5.41) is 0. The Labute approximate surface area is 99.5 Å². The van der Waals surface area contributed by atoms with Gasteiger partial charge in [0.15, 0.2) is 0 Å². The quantitative estimate of drug-likeness (QED) is 0.563. The molecule has 1 unspecified atom stereocenters. The van der Waals surface area contributed by atoms with Gasteiger partial charge in [0, 0.05) is 6.42 Å². The van der Waals surface area contributed by atoms with Crippen molar-refractivity contribution in [1.82, 2.24) is 0 Å². The van der Waals surface area contributed by atoms with Crippen LogP contribution in [0.15, 0.2) is 30.3 Å². The van der Waals surface area contributed by atoms with Crippen LogP contribution in [-0.4, -0.2) is 24.6 Å². The summed E-state index contributed by atoms with van der Waals surface area (Å²) in [7, 11) is 0. The largest absolute Gasteiger partial charge is 0.453 e. The van der Waals surface area contributed by atoms with Crippen molar-refractivity contribution in [2.75, 3.05) is 6.61 Å². The van der Waals surface area contributed by atoms with Crippen molar-refractivity contribution in [2.24, 2.45) is 5.73 Å². The maximum absolute atomic E-state index is 11.4. The highest BCUT2D eigenvalue weighted by atomic mass is 16.7. The number of nitrogens with two attached hydrogens (primary N) is 1. The van der Waals surface area contributed by atoms with E-state index in [2.05, 4.69) is 0 Å². The van der Waals surface area contributed by atoms with Crippen molar-refractivity contribution in [1.29, 1.82) is 0 Å². The lowest BCUT2D eigenvalue weighted by Gasteiger charge is -2.29. The van der Waals surface area contributed by atoms with Crippen molar-refractivity contribution in [3.05, 3.63) is 30.3 Å². The third kappa shape index (κ3) is 3.29. The van der Waals surface area contributed by atoms with Gasteiger partial charge in [-0.25, -0.2) is 0 Å². The van der Waals surface area contributed by atoms with Gasteiger partial charge in [-0.3, -0.25) is 4.79 Å². The van der Waals surface area contributed by atoms with E-state index in [0.29, 0.717) is 12.0 Å². The Morgan fingerprint density at radius 1 is 1.41 bits per heavy atom. The van der Waals surface area contributed by atoms with Crippen molar-refractivity contribution < 1.29 is 19.1 Å². The Morgan fingerprint density at radius 2 is 2.06 bits per heavy atom. The Kier molecular flexibility index (Phi) is 4.66. The number of hydrogen-bond acceptors (Lipinski definition) is 4. The van der Waals surface area contributed by atoms with Crippen LogP contribution >= 0.6 is 0 Å². The van der Waals surface area contributed by atoms with E-state index >= 15 is 0 Å². The monoisotopic (exact) mass is 237 g/mol. The third-order valence-electron chi connectivity index (χ3n) is 2.25. The number of primary amides is 1. The minimum Gasteiger partial charge on any atom is -0.453 e. The van der Waals surface area contributed by atoms with Crippen molar-refractivity contribution in [2.45, 2.75) is 19.1 Å². The molecule has 2 N–H and O–H groups in total. The molecule has 0 aliphatic rings. The van der Waals surface area contributed by atoms with Gasteiger partial charge >= 0.3 is 0 Å². The first-order valence-electron chi connectivity index (χ1n) is 5.26. The van der Waals surface area contributed by atoms with Crippen LogP contribution in [-0.2, 0) is 14.3 Å². The van der Waals surface area contributed by atoms with Crippen LogP contribution in [0.4, 0.5) is 0 Å². The van der Waals surface area contributed by atoms with Crippen molar-refractivity contribution in [3.8, 4) is 5.75 Å². The fraction of sp³-hybridized carbons (Fsp3) is 0.333.